The van der Waals surface area contributed by atoms with Crippen molar-refractivity contribution in [3.8, 4) is 11.5 Å². The highest BCUT2D eigenvalue weighted by molar-refractivity contribution is 5.81. The number of aliphatic carboxylic acids is 1. The number of hydrogen-bond acceptors (Lipinski definition) is 5. The van der Waals surface area contributed by atoms with Crippen molar-refractivity contribution in [2.24, 2.45) is 0 Å². The summed E-state index contributed by atoms with van der Waals surface area (Å²) in [5, 5.41) is 18.1. The van der Waals surface area contributed by atoms with Gasteiger partial charge in [-0.25, -0.2) is 0 Å². The molecule has 0 saturated heterocycles. The van der Waals surface area contributed by atoms with E-state index in [4.69, 9.17) is 14.6 Å². The van der Waals surface area contributed by atoms with Crippen molar-refractivity contribution in [1.29, 1.82) is 0 Å². The average molecular weight is 296 g/mol. The fraction of sp³-hybridized carbons (Fsp3) is 0.467. The second-order valence-electron chi connectivity index (χ2n) is 4.64. The quantitative estimate of drug-likeness (QED) is 0.675. The summed E-state index contributed by atoms with van der Waals surface area (Å²) >= 11 is 0. The van der Waals surface area contributed by atoms with Crippen LogP contribution in [0.15, 0.2) is 12.1 Å². The summed E-state index contributed by atoms with van der Waals surface area (Å²) in [7, 11) is 0. The molecule has 2 N–H and O–H groups in total. The molecule has 0 amide bonds. The lowest BCUT2D eigenvalue weighted by Gasteiger charge is -2.17. The second kappa shape index (κ2) is 8.26. The van der Waals surface area contributed by atoms with Gasteiger partial charge in [0.15, 0.2) is 6.29 Å². The molecule has 0 heterocycles. The molecule has 0 bridgehead atoms. The lowest BCUT2D eigenvalue weighted by atomic mass is 10.1. The number of rotatable bonds is 9. The molecular formula is C15H20O6. The summed E-state index contributed by atoms with van der Waals surface area (Å²) in [4.78, 5) is 21.5. The van der Waals surface area contributed by atoms with Crippen molar-refractivity contribution in [3.63, 3.8) is 0 Å². The Morgan fingerprint density at radius 1 is 1.38 bits per heavy atom. The molecule has 6 nitrogen and oxygen atoms in total. The van der Waals surface area contributed by atoms with E-state index in [2.05, 4.69) is 0 Å². The van der Waals surface area contributed by atoms with Crippen LogP contribution in [0.4, 0.5) is 0 Å². The highest BCUT2D eigenvalue weighted by Gasteiger charge is 2.15. The van der Waals surface area contributed by atoms with Crippen LogP contribution in [0.2, 0.25) is 0 Å². The third-order valence-electron chi connectivity index (χ3n) is 2.81. The Bertz CT molecular complexity index is 497. The van der Waals surface area contributed by atoms with Crippen molar-refractivity contribution in [2.45, 2.75) is 32.8 Å². The number of carbonyl (C=O) groups is 2. The molecule has 6 heteroatoms. The standard InChI is InChI=1S/C15H20O6/c1-3-6-20-13-5-4-11(8-16)15(10(13)2)21-9-12(17)7-14(18)19/h4-5,8,12,17H,3,6-7,9H2,1-2H3,(H,18,19)/t12-/m0/s1. The van der Waals surface area contributed by atoms with Gasteiger partial charge >= 0.3 is 5.97 Å². The van der Waals surface area contributed by atoms with Gasteiger partial charge in [0.25, 0.3) is 0 Å². The maximum atomic E-state index is 11.0. The summed E-state index contributed by atoms with van der Waals surface area (Å²) in [6, 6.07) is 3.26. The molecule has 0 spiro atoms. The van der Waals surface area contributed by atoms with Crippen LogP contribution in [0.1, 0.15) is 35.7 Å². The van der Waals surface area contributed by atoms with Crippen LogP contribution in [0.25, 0.3) is 0 Å². The van der Waals surface area contributed by atoms with Gasteiger partial charge in [-0.05, 0) is 25.5 Å². The molecule has 0 aliphatic heterocycles. The molecule has 21 heavy (non-hydrogen) atoms. The maximum absolute atomic E-state index is 11.0. The van der Waals surface area contributed by atoms with Gasteiger partial charge in [-0.15, -0.1) is 0 Å². The Balaban J connectivity index is 2.87. The first-order chi connectivity index (χ1) is 9.99. The van der Waals surface area contributed by atoms with Crippen LogP contribution in [0, 0.1) is 6.92 Å². The van der Waals surface area contributed by atoms with E-state index in [0.29, 0.717) is 35.5 Å². The highest BCUT2D eigenvalue weighted by Crippen LogP contribution is 2.31. The number of ether oxygens (including phenoxy) is 2. The summed E-state index contributed by atoms with van der Waals surface area (Å²) in [5.74, 6) is -0.202. The summed E-state index contributed by atoms with van der Waals surface area (Å²) in [6.45, 7) is 4.07. The van der Waals surface area contributed by atoms with Crippen LogP contribution < -0.4 is 9.47 Å². The van der Waals surface area contributed by atoms with Crippen LogP contribution in [-0.2, 0) is 4.79 Å². The topological polar surface area (TPSA) is 93.1 Å². The minimum atomic E-state index is -1.14. The molecule has 0 fully saturated rings. The molecule has 1 rings (SSSR count). The molecule has 0 radical (unpaired) electrons. The summed E-state index contributed by atoms with van der Waals surface area (Å²) in [5.41, 5.74) is 0.981. The Kier molecular flexibility index (Phi) is 6.68. The van der Waals surface area contributed by atoms with Gasteiger partial charge in [0.2, 0.25) is 0 Å². The first kappa shape index (κ1) is 17.0. The average Bonchev–Trinajstić information content (AvgIpc) is 2.43. The molecule has 0 aliphatic carbocycles. The molecule has 1 atom stereocenters. The fourth-order valence-corrected chi connectivity index (χ4v) is 1.79. The third-order valence-corrected chi connectivity index (χ3v) is 2.81. The molecule has 1 aromatic carbocycles. The normalized spacial score (nSPS) is 11.8. The summed E-state index contributed by atoms with van der Waals surface area (Å²) < 4.78 is 11.0. The minimum Gasteiger partial charge on any atom is -0.493 e. The summed E-state index contributed by atoms with van der Waals surface area (Å²) in [6.07, 6.45) is -0.0547. The van der Waals surface area contributed by atoms with Crippen molar-refractivity contribution in [1.82, 2.24) is 0 Å². The van der Waals surface area contributed by atoms with E-state index in [0.717, 1.165) is 6.42 Å². The number of carboxylic acids is 1. The van der Waals surface area contributed by atoms with E-state index in [9.17, 15) is 14.7 Å². The van der Waals surface area contributed by atoms with Crippen molar-refractivity contribution in [2.75, 3.05) is 13.2 Å². The third kappa shape index (κ3) is 5.07. The van der Waals surface area contributed by atoms with E-state index in [1.165, 1.54) is 0 Å². The Labute approximate surface area is 123 Å². The van der Waals surface area contributed by atoms with Crippen LogP contribution >= 0.6 is 0 Å². The zero-order chi connectivity index (χ0) is 15.8. The number of aliphatic hydroxyl groups excluding tert-OH is 1. The largest absolute Gasteiger partial charge is 0.493 e. The SMILES string of the molecule is CCCOc1ccc(C=O)c(OC[C@@H](O)CC(=O)O)c1C. The monoisotopic (exact) mass is 296 g/mol. The fourth-order valence-electron chi connectivity index (χ4n) is 1.79. The van der Waals surface area contributed by atoms with Crippen LogP contribution in [-0.4, -0.2) is 41.8 Å². The number of carboxylic acid groups (broad SMARTS) is 1. The predicted octanol–water partition coefficient (Wildman–Crippen LogP) is 1.81. The number of aliphatic hydroxyl groups is 1. The van der Waals surface area contributed by atoms with E-state index in [-0.39, 0.29) is 6.61 Å². The molecular weight excluding hydrogens is 276 g/mol. The lowest BCUT2D eigenvalue weighted by Crippen LogP contribution is -2.21. The number of carbonyl (C=O) groups excluding carboxylic acids is 1. The predicted molar refractivity (Wildman–Crippen MR) is 76.1 cm³/mol. The maximum Gasteiger partial charge on any atom is 0.306 e. The van der Waals surface area contributed by atoms with E-state index in [1.807, 2.05) is 6.92 Å². The van der Waals surface area contributed by atoms with Gasteiger partial charge in [0.05, 0.1) is 24.7 Å². The Hall–Kier alpha value is -2.08. The van der Waals surface area contributed by atoms with Gasteiger partial charge in [0.1, 0.15) is 18.1 Å². The smallest absolute Gasteiger partial charge is 0.306 e. The molecule has 0 saturated carbocycles. The molecule has 1 aromatic rings. The van der Waals surface area contributed by atoms with Crippen molar-refractivity contribution < 1.29 is 29.3 Å². The molecule has 0 unspecified atom stereocenters. The number of benzene rings is 1. The zero-order valence-electron chi connectivity index (χ0n) is 12.2. The van der Waals surface area contributed by atoms with Crippen LogP contribution in [0.3, 0.4) is 0 Å². The van der Waals surface area contributed by atoms with E-state index < -0.39 is 18.5 Å². The Morgan fingerprint density at radius 2 is 2.10 bits per heavy atom. The van der Waals surface area contributed by atoms with Crippen molar-refractivity contribution >= 4 is 12.3 Å². The van der Waals surface area contributed by atoms with Gasteiger partial charge in [-0.2, -0.15) is 0 Å². The first-order valence-electron chi connectivity index (χ1n) is 6.73. The Morgan fingerprint density at radius 3 is 2.67 bits per heavy atom. The molecule has 116 valence electrons. The van der Waals surface area contributed by atoms with Gasteiger partial charge in [-0.3, -0.25) is 9.59 Å². The number of hydrogen-bond donors (Lipinski definition) is 2. The van der Waals surface area contributed by atoms with Gasteiger partial charge in [-0.1, -0.05) is 6.92 Å². The molecule has 0 aliphatic rings. The minimum absolute atomic E-state index is 0.203. The zero-order valence-corrected chi connectivity index (χ0v) is 12.2. The van der Waals surface area contributed by atoms with Gasteiger partial charge < -0.3 is 19.7 Å². The highest BCUT2D eigenvalue weighted by atomic mass is 16.5. The first-order valence-corrected chi connectivity index (χ1v) is 6.73. The molecule has 0 aromatic heterocycles. The number of aldehydes is 1. The lowest BCUT2D eigenvalue weighted by molar-refractivity contribution is -0.139. The van der Waals surface area contributed by atoms with Gasteiger partial charge in [0, 0.05) is 5.56 Å². The van der Waals surface area contributed by atoms with Crippen LogP contribution in [0.5, 0.6) is 11.5 Å². The van der Waals surface area contributed by atoms with E-state index in [1.54, 1.807) is 19.1 Å². The van der Waals surface area contributed by atoms with Crippen molar-refractivity contribution in [3.05, 3.63) is 23.3 Å². The van der Waals surface area contributed by atoms with E-state index >= 15 is 0 Å². The second-order valence-corrected chi connectivity index (χ2v) is 4.64.